The summed E-state index contributed by atoms with van der Waals surface area (Å²) >= 11 is 2.57. The van der Waals surface area contributed by atoms with Crippen LogP contribution >= 0.6 is 22.7 Å². The molecule has 1 saturated heterocycles. The van der Waals surface area contributed by atoms with Gasteiger partial charge in [-0.3, -0.25) is 4.68 Å². The van der Waals surface area contributed by atoms with E-state index in [1.807, 2.05) is 6.07 Å². The molecule has 0 saturated carbocycles. The molecule has 1 aliphatic rings. The molecule has 1 unspecified atom stereocenters. The van der Waals surface area contributed by atoms with E-state index in [2.05, 4.69) is 10.1 Å². The molecular weight excluding hydrogens is 485 g/mol. The third-order valence-electron chi connectivity index (χ3n) is 5.63. The number of hydrogen-bond acceptors (Lipinski definition) is 6. The molecule has 1 fully saturated rings. The second kappa shape index (κ2) is 7.94. The molecule has 0 radical (unpaired) electrons. The van der Waals surface area contributed by atoms with Crippen LogP contribution in [-0.4, -0.2) is 50.4 Å². The predicted molar refractivity (Wildman–Crippen MR) is 127 cm³/mol. The molecule has 34 heavy (non-hydrogen) atoms. The number of amides is 1. The van der Waals surface area contributed by atoms with Crippen molar-refractivity contribution >= 4 is 49.2 Å². The number of nitrogens with zero attached hydrogens (tertiary/aromatic N) is 4. The number of fused-ring (bicyclic) bond motifs is 2. The summed E-state index contributed by atoms with van der Waals surface area (Å²) in [6.07, 6.45) is 1.15. The molecule has 6 nitrogen and oxygen atoms in total. The topological polar surface area (TPSA) is 60.2 Å². The van der Waals surface area contributed by atoms with Crippen LogP contribution in [0, 0.1) is 5.82 Å². The van der Waals surface area contributed by atoms with E-state index in [1.54, 1.807) is 44.8 Å². The van der Waals surface area contributed by atoms with E-state index in [0.29, 0.717) is 31.2 Å². The highest BCUT2D eigenvalue weighted by molar-refractivity contribution is 7.28. The fourth-order valence-electron chi connectivity index (χ4n) is 4.16. The third kappa shape index (κ3) is 4.26. The number of ether oxygens (including phenoxy) is 1. The molecule has 180 valence electrons. The highest BCUT2D eigenvalue weighted by Gasteiger charge is 2.48. The smallest absolute Gasteiger partial charge is 0.410 e. The lowest BCUT2D eigenvalue weighted by atomic mass is 9.91. The van der Waals surface area contributed by atoms with Crippen LogP contribution in [0.5, 0.6) is 0 Å². The van der Waals surface area contributed by atoms with E-state index in [1.165, 1.54) is 28.7 Å². The number of thiazole rings is 1. The number of benzene rings is 1. The van der Waals surface area contributed by atoms with Gasteiger partial charge in [-0.05, 0) is 45.4 Å². The fraction of sp³-hybridized carbons (Fsp3) is 0.435. The Kier molecular flexibility index (Phi) is 5.40. The van der Waals surface area contributed by atoms with Crippen LogP contribution in [0.2, 0.25) is 0 Å². The largest absolute Gasteiger partial charge is 0.444 e. The van der Waals surface area contributed by atoms with Crippen molar-refractivity contribution < 1.29 is 22.7 Å². The van der Waals surface area contributed by atoms with E-state index in [9.17, 15) is 9.18 Å². The normalized spacial score (nSPS) is 18.7. The van der Waals surface area contributed by atoms with Crippen LogP contribution < -0.4 is 0 Å². The summed E-state index contributed by atoms with van der Waals surface area (Å²) in [4.78, 5) is 19.1. The fourth-order valence-corrected chi connectivity index (χ4v) is 6.57. The zero-order chi connectivity index (χ0) is 24.4. The quantitative estimate of drug-likeness (QED) is 0.314. The predicted octanol–water partition coefficient (Wildman–Crippen LogP) is 6.41. The van der Waals surface area contributed by atoms with Gasteiger partial charge in [-0.1, -0.05) is 0 Å². The lowest BCUT2D eigenvalue weighted by Crippen LogP contribution is -2.50. The van der Waals surface area contributed by atoms with Crippen LogP contribution in [0.25, 0.3) is 31.0 Å². The van der Waals surface area contributed by atoms with E-state index in [0.717, 1.165) is 9.60 Å². The number of piperidine rings is 1. The minimum Gasteiger partial charge on any atom is -0.444 e. The Balaban J connectivity index is 1.38. The molecule has 0 aliphatic carbocycles. The van der Waals surface area contributed by atoms with Gasteiger partial charge in [0.1, 0.15) is 21.0 Å². The summed E-state index contributed by atoms with van der Waals surface area (Å²) in [6.45, 7) is 4.64. The summed E-state index contributed by atoms with van der Waals surface area (Å²) in [5.41, 5.74) is 0.186. The van der Waals surface area contributed by atoms with Gasteiger partial charge in [0, 0.05) is 35.6 Å². The third-order valence-corrected chi connectivity index (χ3v) is 7.95. The van der Waals surface area contributed by atoms with Gasteiger partial charge in [-0.25, -0.2) is 22.9 Å². The van der Waals surface area contributed by atoms with E-state index >= 15 is 8.78 Å². The number of hydrogen-bond donors (Lipinski definition) is 0. The maximum atomic E-state index is 15.1. The number of aryl methyl sites for hydroxylation is 1. The highest BCUT2D eigenvalue weighted by atomic mass is 32.1. The maximum absolute atomic E-state index is 15.1. The molecule has 11 heteroatoms. The molecule has 0 bridgehead atoms. The number of alkyl halides is 2. The van der Waals surface area contributed by atoms with Gasteiger partial charge in [-0.15, -0.1) is 22.7 Å². The summed E-state index contributed by atoms with van der Waals surface area (Å²) in [7, 11) is 1.73. The van der Waals surface area contributed by atoms with Crippen molar-refractivity contribution in [2.24, 2.45) is 7.05 Å². The second-order valence-corrected chi connectivity index (χ2v) is 11.6. The minimum absolute atomic E-state index is 0.135. The van der Waals surface area contributed by atoms with E-state index in [-0.39, 0.29) is 13.0 Å². The zero-order valence-corrected chi connectivity index (χ0v) is 20.7. The lowest BCUT2D eigenvalue weighted by molar-refractivity contribution is -0.0840. The van der Waals surface area contributed by atoms with Gasteiger partial charge in [-0.2, -0.15) is 5.10 Å². The molecule has 4 aromatic rings. The maximum Gasteiger partial charge on any atom is 0.410 e. The molecule has 4 heterocycles. The zero-order valence-electron chi connectivity index (χ0n) is 19.1. The highest BCUT2D eigenvalue weighted by Crippen LogP contribution is 2.46. The number of halogens is 3. The van der Waals surface area contributed by atoms with Crippen molar-refractivity contribution in [3.8, 4) is 10.6 Å². The Morgan fingerprint density at radius 2 is 2.00 bits per heavy atom. The number of aromatic nitrogens is 3. The van der Waals surface area contributed by atoms with Crippen molar-refractivity contribution in [3.05, 3.63) is 35.1 Å². The van der Waals surface area contributed by atoms with Gasteiger partial charge >= 0.3 is 6.09 Å². The van der Waals surface area contributed by atoms with Crippen molar-refractivity contribution in [2.45, 2.75) is 44.6 Å². The average molecular weight is 509 g/mol. The molecule has 1 amide bonds. The Morgan fingerprint density at radius 3 is 2.68 bits per heavy atom. The van der Waals surface area contributed by atoms with Crippen LogP contribution in [0.1, 0.15) is 38.0 Å². The van der Waals surface area contributed by atoms with Gasteiger partial charge in [0.05, 0.1) is 17.2 Å². The molecule has 0 spiro atoms. The first-order valence-corrected chi connectivity index (χ1v) is 12.4. The Hall–Kier alpha value is -2.66. The van der Waals surface area contributed by atoms with Crippen LogP contribution in [0.3, 0.4) is 0 Å². The first kappa shape index (κ1) is 23.1. The Morgan fingerprint density at radius 1 is 1.24 bits per heavy atom. The SMILES string of the molecule is Cn1cc2cc(-c3nc4sc(C5CCN(C(=O)OC(C)(C)C)CC5(F)F)cc4s3)cc(F)c2n1. The van der Waals surface area contributed by atoms with Crippen LogP contribution in [0.4, 0.5) is 18.0 Å². The number of thiophene rings is 1. The van der Waals surface area contributed by atoms with Gasteiger partial charge in [0.15, 0.2) is 5.82 Å². The molecule has 1 atom stereocenters. The second-order valence-electron chi connectivity index (χ2n) is 9.54. The first-order chi connectivity index (χ1) is 15.9. The number of carbonyl (C=O) groups excluding carboxylic acids is 1. The average Bonchev–Trinajstić information content (AvgIpc) is 3.38. The standard InChI is InChI=1S/C23H23F3N4O2S2/c1-22(2,3)32-21(31)30-6-5-14(23(25,26)11-30)16-9-17-20(33-16)27-19(34-17)12-7-13-10-29(4)28-18(13)15(24)8-12/h7-10,14H,5-6,11H2,1-4H3. The van der Waals surface area contributed by atoms with Crippen molar-refractivity contribution in [1.29, 1.82) is 0 Å². The Bertz CT molecular complexity index is 1370. The van der Waals surface area contributed by atoms with Crippen LogP contribution in [-0.2, 0) is 11.8 Å². The molecule has 1 aromatic carbocycles. The summed E-state index contributed by atoms with van der Waals surface area (Å²) in [5.74, 6) is -4.51. The number of carbonyl (C=O) groups is 1. The van der Waals surface area contributed by atoms with Crippen molar-refractivity contribution in [2.75, 3.05) is 13.1 Å². The van der Waals surface area contributed by atoms with Crippen molar-refractivity contribution in [3.63, 3.8) is 0 Å². The molecule has 1 aliphatic heterocycles. The lowest BCUT2D eigenvalue weighted by Gasteiger charge is -2.38. The number of likely N-dealkylation sites (tertiary alicyclic amines) is 1. The number of rotatable bonds is 2. The molecule has 3 aromatic heterocycles. The first-order valence-electron chi connectivity index (χ1n) is 10.8. The summed E-state index contributed by atoms with van der Waals surface area (Å²) < 4.78 is 52.2. The van der Waals surface area contributed by atoms with Gasteiger partial charge in [0.25, 0.3) is 5.92 Å². The van der Waals surface area contributed by atoms with Gasteiger partial charge < -0.3 is 9.64 Å². The van der Waals surface area contributed by atoms with E-state index < -0.39 is 35.9 Å². The summed E-state index contributed by atoms with van der Waals surface area (Å²) in [5, 5.41) is 5.42. The van der Waals surface area contributed by atoms with Crippen LogP contribution in [0.15, 0.2) is 24.4 Å². The molecule has 0 N–H and O–H groups in total. The molecule has 5 rings (SSSR count). The van der Waals surface area contributed by atoms with Crippen molar-refractivity contribution in [1.82, 2.24) is 19.7 Å². The minimum atomic E-state index is -3.08. The van der Waals surface area contributed by atoms with Gasteiger partial charge in [0.2, 0.25) is 0 Å². The molecular formula is C23H23F3N4O2S2. The summed E-state index contributed by atoms with van der Waals surface area (Å²) in [6, 6.07) is 4.98. The van der Waals surface area contributed by atoms with E-state index in [4.69, 9.17) is 4.74 Å². The Labute approximate surface area is 201 Å². The monoisotopic (exact) mass is 508 g/mol.